The summed E-state index contributed by atoms with van der Waals surface area (Å²) in [6.07, 6.45) is 4.98. The van der Waals surface area contributed by atoms with Crippen molar-refractivity contribution in [1.29, 1.82) is 0 Å². The lowest BCUT2D eigenvalue weighted by Gasteiger charge is -2.33. The van der Waals surface area contributed by atoms with E-state index < -0.39 is 5.91 Å². The van der Waals surface area contributed by atoms with Gasteiger partial charge >= 0.3 is 0 Å². The first-order valence-corrected chi connectivity index (χ1v) is 10.5. The summed E-state index contributed by atoms with van der Waals surface area (Å²) in [5.74, 6) is 1.23. The maximum Gasteiger partial charge on any atom is 0.250 e. The van der Waals surface area contributed by atoms with E-state index >= 15 is 0 Å². The van der Waals surface area contributed by atoms with Crippen LogP contribution in [0.3, 0.4) is 0 Å². The Morgan fingerprint density at radius 3 is 2.57 bits per heavy atom. The van der Waals surface area contributed by atoms with Gasteiger partial charge in [-0.3, -0.25) is 4.79 Å². The molecule has 2 aromatic carbocycles. The summed E-state index contributed by atoms with van der Waals surface area (Å²) >= 11 is 0. The van der Waals surface area contributed by atoms with Crippen LogP contribution in [0.4, 0.5) is 0 Å². The van der Waals surface area contributed by atoms with Gasteiger partial charge in [-0.2, -0.15) is 0 Å². The number of pyridine rings is 1. The van der Waals surface area contributed by atoms with Crippen molar-refractivity contribution in [2.75, 3.05) is 19.6 Å². The van der Waals surface area contributed by atoms with Crippen LogP contribution < -0.4 is 10.5 Å². The van der Waals surface area contributed by atoms with Crippen LogP contribution >= 0.6 is 0 Å². The van der Waals surface area contributed by atoms with Crippen LogP contribution in [0.2, 0.25) is 0 Å². The molecule has 1 saturated heterocycles. The molecule has 154 valence electrons. The molecule has 1 unspecified atom stereocenters. The molecule has 3 aromatic rings. The molecule has 5 nitrogen and oxygen atoms in total. The summed E-state index contributed by atoms with van der Waals surface area (Å²) in [5.41, 5.74) is 8.36. The summed E-state index contributed by atoms with van der Waals surface area (Å²) in [4.78, 5) is 17.8. The van der Waals surface area contributed by atoms with Gasteiger partial charge in [0.25, 0.3) is 0 Å². The fourth-order valence-electron chi connectivity index (χ4n) is 3.98. The minimum absolute atomic E-state index is 0.367. The second-order valence-corrected chi connectivity index (χ2v) is 7.80. The van der Waals surface area contributed by atoms with Crippen molar-refractivity contribution < 1.29 is 9.53 Å². The Bertz CT molecular complexity index is 956. The topological polar surface area (TPSA) is 68.5 Å². The molecular formula is C25H27N3O2. The summed E-state index contributed by atoms with van der Waals surface area (Å²) < 4.78 is 5.79. The van der Waals surface area contributed by atoms with E-state index in [1.165, 1.54) is 36.7 Å². The van der Waals surface area contributed by atoms with Crippen LogP contribution in [-0.4, -0.2) is 35.4 Å². The zero-order valence-corrected chi connectivity index (χ0v) is 17.0. The molecule has 2 heterocycles. The monoisotopic (exact) mass is 401 g/mol. The number of nitrogens with zero attached hydrogens (tertiary/aromatic N) is 2. The van der Waals surface area contributed by atoms with Gasteiger partial charge in [-0.15, -0.1) is 0 Å². The normalized spacial score (nSPS) is 16.9. The number of aromatic nitrogens is 1. The Labute approximate surface area is 177 Å². The summed E-state index contributed by atoms with van der Waals surface area (Å²) in [6.45, 7) is 3.38. The van der Waals surface area contributed by atoms with E-state index in [4.69, 9.17) is 10.5 Å². The number of nitrogens with two attached hydrogens (primary N) is 1. The Balaban J connectivity index is 1.33. The number of primary amides is 1. The van der Waals surface area contributed by atoms with Crippen molar-refractivity contribution in [2.45, 2.75) is 25.2 Å². The van der Waals surface area contributed by atoms with Gasteiger partial charge in [-0.05, 0) is 61.1 Å². The number of hydrogen-bond donors (Lipinski definition) is 1. The second kappa shape index (κ2) is 9.55. The van der Waals surface area contributed by atoms with Crippen LogP contribution in [0.1, 0.15) is 40.2 Å². The molecule has 0 bridgehead atoms. The molecule has 0 spiro atoms. The summed E-state index contributed by atoms with van der Waals surface area (Å²) in [6, 6.07) is 22.2. The molecule has 1 aliphatic heterocycles. The van der Waals surface area contributed by atoms with E-state index in [1.807, 2.05) is 12.1 Å². The van der Waals surface area contributed by atoms with Crippen LogP contribution in [0.5, 0.6) is 11.6 Å². The van der Waals surface area contributed by atoms with Crippen molar-refractivity contribution in [1.82, 2.24) is 9.88 Å². The van der Waals surface area contributed by atoms with Crippen molar-refractivity contribution in [2.24, 2.45) is 5.73 Å². The molecule has 1 amide bonds. The zero-order valence-electron chi connectivity index (χ0n) is 17.0. The highest BCUT2D eigenvalue weighted by Gasteiger charge is 2.21. The first-order valence-electron chi connectivity index (χ1n) is 10.5. The number of carbonyl (C=O) groups excluding carboxylic acids is 1. The standard InChI is InChI=1S/C25H27N3O2/c26-25(29)21-10-13-24(27-17-21)30-23-11-8-20(9-12-23)22-7-4-15-28(18-22)16-14-19-5-2-1-3-6-19/h1-3,5-6,8-13,17,22H,4,7,14-16,18H2,(H2,26,29). The van der Waals surface area contributed by atoms with Gasteiger partial charge in [-0.25, -0.2) is 4.98 Å². The number of likely N-dealkylation sites (tertiary alicyclic amines) is 1. The summed E-state index contributed by atoms with van der Waals surface area (Å²) in [5, 5.41) is 0. The zero-order chi connectivity index (χ0) is 20.8. The minimum atomic E-state index is -0.497. The predicted octanol–water partition coefficient (Wildman–Crippen LogP) is 4.39. The lowest BCUT2D eigenvalue weighted by molar-refractivity contribution is 0.1000. The van der Waals surface area contributed by atoms with Crippen molar-refractivity contribution in [3.8, 4) is 11.6 Å². The van der Waals surface area contributed by atoms with E-state index in [0.29, 0.717) is 17.4 Å². The van der Waals surface area contributed by atoms with Crippen molar-refractivity contribution in [3.63, 3.8) is 0 Å². The van der Waals surface area contributed by atoms with Crippen LogP contribution in [-0.2, 0) is 6.42 Å². The molecule has 0 saturated carbocycles. The molecule has 0 aliphatic carbocycles. The van der Waals surface area contributed by atoms with E-state index in [2.05, 4.69) is 52.3 Å². The van der Waals surface area contributed by atoms with Crippen molar-refractivity contribution >= 4 is 5.91 Å². The highest BCUT2D eigenvalue weighted by Crippen LogP contribution is 2.29. The number of piperidine rings is 1. The minimum Gasteiger partial charge on any atom is -0.439 e. The van der Waals surface area contributed by atoms with Gasteiger partial charge in [0, 0.05) is 25.4 Å². The average Bonchev–Trinajstić information content (AvgIpc) is 2.79. The molecule has 0 radical (unpaired) electrons. The Morgan fingerprint density at radius 2 is 1.87 bits per heavy atom. The second-order valence-electron chi connectivity index (χ2n) is 7.80. The molecule has 1 atom stereocenters. The molecular weight excluding hydrogens is 374 g/mol. The molecule has 30 heavy (non-hydrogen) atoms. The lowest BCUT2D eigenvalue weighted by atomic mass is 9.90. The Kier molecular flexibility index (Phi) is 6.40. The molecule has 5 heteroatoms. The van der Waals surface area contributed by atoms with E-state index in [1.54, 1.807) is 12.1 Å². The largest absolute Gasteiger partial charge is 0.439 e. The third-order valence-corrected chi connectivity index (χ3v) is 5.66. The smallest absolute Gasteiger partial charge is 0.250 e. The fourth-order valence-corrected chi connectivity index (χ4v) is 3.98. The average molecular weight is 402 g/mol. The molecule has 2 N–H and O–H groups in total. The van der Waals surface area contributed by atoms with Gasteiger partial charge in [0.05, 0.1) is 5.56 Å². The van der Waals surface area contributed by atoms with Gasteiger partial charge < -0.3 is 15.4 Å². The number of amides is 1. The lowest BCUT2D eigenvalue weighted by Crippen LogP contribution is -2.35. The van der Waals surface area contributed by atoms with Crippen molar-refractivity contribution in [3.05, 3.63) is 89.6 Å². The van der Waals surface area contributed by atoms with Gasteiger partial charge in [0.1, 0.15) is 5.75 Å². The van der Waals surface area contributed by atoms with Crippen LogP contribution in [0.15, 0.2) is 72.9 Å². The van der Waals surface area contributed by atoms with Crippen LogP contribution in [0, 0.1) is 0 Å². The van der Waals surface area contributed by atoms with Gasteiger partial charge in [-0.1, -0.05) is 42.5 Å². The highest BCUT2D eigenvalue weighted by molar-refractivity contribution is 5.92. The number of ether oxygens (including phenoxy) is 1. The van der Waals surface area contributed by atoms with E-state index in [9.17, 15) is 4.79 Å². The Hall–Kier alpha value is -3.18. The number of hydrogen-bond acceptors (Lipinski definition) is 4. The fraction of sp³-hybridized carbons (Fsp3) is 0.280. The maximum atomic E-state index is 11.1. The molecule has 4 rings (SSSR count). The van der Waals surface area contributed by atoms with E-state index in [-0.39, 0.29) is 0 Å². The third kappa shape index (κ3) is 5.24. The number of carbonyl (C=O) groups is 1. The quantitative estimate of drug-likeness (QED) is 0.637. The molecule has 1 aliphatic rings. The Morgan fingerprint density at radius 1 is 1.07 bits per heavy atom. The van der Waals surface area contributed by atoms with Gasteiger partial charge in [0.2, 0.25) is 11.8 Å². The first-order chi connectivity index (χ1) is 14.7. The maximum absolute atomic E-state index is 11.1. The van der Waals surface area contributed by atoms with Crippen LogP contribution in [0.25, 0.3) is 0 Å². The predicted molar refractivity (Wildman–Crippen MR) is 118 cm³/mol. The third-order valence-electron chi connectivity index (χ3n) is 5.66. The van der Waals surface area contributed by atoms with E-state index in [0.717, 1.165) is 25.3 Å². The highest BCUT2D eigenvalue weighted by atomic mass is 16.5. The first kappa shape index (κ1) is 20.1. The number of rotatable bonds is 7. The molecule has 1 fully saturated rings. The number of benzene rings is 2. The summed E-state index contributed by atoms with van der Waals surface area (Å²) in [7, 11) is 0. The van der Waals surface area contributed by atoms with Gasteiger partial charge in [0.15, 0.2) is 0 Å². The molecule has 1 aromatic heterocycles. The SMILES string of the molecule is NC(=O)c1ccc(Oc2ccc(C3CCCN(CCc4ccccc4)C3)cc2)nc1.